The third kappa shape index (κ3) is 2.53. The molecule has 2 rings (SSSR count). The average Bonchev–Trinajstić information content (AvgIpc) is 2.22. The predicted molar refractivity (Wildman–Crippen MR) is 70.5 cm³/mol. The van der Waals surface area contributed by atoms with Crippen LogP contribution in [-0.4, -0.2) is 13.1 Å². The zero-order chi connectivity index (χ0) is 11.5. The Kier molecular flexibility index (Phi) is 4.12. The molecule has 0 aliphatic heterocycles. The van der Waals surface area contributed by atoms with Gasteiger partial charge < -0.3 is 5.32 Å². The standard InChI is InChI=1S/C13H17Cl2N/c1-2-16-8-9-3-5-11(9)12-7-10(14)4-6-13(12)15/h4,6-7,9,11,16H,2-3,5,8H2,1H3. The molecule has 1 fully saturated rings. The van der Waals surface area contributed by atoms with Gasteiger partial charge >= 0.3 is 0 Å². The van der Waals surface area contributed by atoms with E-state index in [2.05, 4.69) is 12.2 Å². The molecule has 1 aliphatic carbocycles. The van der Waals surface area contributed by atoms with E-state index in [0.717, 1.165) is 29.1 Å². The first-order valence-electron chi connectivity index (χ1n) is 5.88. The fourth-order valence-electron chi connectivity index (χ4n) is 2.35. The molecule has 0 heterocycles. The minimum atomic E-state index is 0.588. The number of hydrogen-bond donors (Lipinski definition) is 1. The lowest BCUT2D eigenvalue weighted by Crippen LogP contribution is -2.33. The molecule has 0 bridgehead atoms. The van der Waals surface area contributed by atoms with Crippen LogP contribution in [0.25, 0.3) is 0 Å². The van der Waals surface area contributed by atoms with Crippen LogP contribution in [0.4, 0.5) is 0 Å². The highest BCUT2D eigenvalue weighted by molar-refractivity contribution is 6.33. The minimum absolute atomic E-state index is 0.588. The van der Waals surface area contributed by atoms with Crippen LogP contribution in [0.3, 0.4) is 0 Å². The van der Waals surface area contributed by atoms with Crippen molar-refractivity contribution in [1.29, 1.82) is 0 Å². The summed E-state index contributed by atoms with van der Waals surface area (Å²) in [5.74, 6) is 1.31. The molecule has 16 heavy (non-hydrogen) atoms. The molecular weight excluding hydrogens is 241 g/mol. The van der Waals surface area contributed by atoms with Crippen LogP contribution >= 0.6 is 23.2 Å². The Balaban J connectivity index is 2.09. The summed E-state index contributed by atoms with van der Waals surface area (Å²) in [7, 11) is 0. The molecule has 0 aromatic heterocycles. The van der Waals surface area contributed by atoms with Crippen LogP contribution in [0.5, 0.6) is 0 Å². The summed E-state index contributed by atoms with van der Waals surface area (Å²) in [6.07, 6.45) is 2.52. The van der Waals surface area contributed by atoms with Gasteiger partial charge in [-0.2, -0.15) is 0 Å². The lowest BCUT2D eigenvalue weighted by Gasteiger charge is -2.37. The SMILES string of the molecule is CCNCC1CCC1c1cc(Cl)ccc1Cl. The molecule has 1 aromatic rings. The van der Waals surface area contributed by atoms with Gasteiger partial charge in [-0.25, -0.2) is 0 Å². The summed E-state index contributed by atoms with van der Waals surface area (Å²) in [5, 5.41) is 5.05. The Morgan fingerprint density at radius 2 is 2.12 bits per heavy atom. The van der Waals surface area contributed by atoms with Crippen molar-refractivity contribution in [3.05, 3.63) is 33.8 Å². The van der Waals surface area contributed by atoms with E-state index in [9.17, 15) is 0 Å². The number of rotatable bonds is 4. The van der Waals surface area contributed by atoms with Gasteiger partial charge in [0.15, 0.2) is 0 Å². The third-order valence-corrected chi connectivity index (χ3v) is 4.01. The van der Waals surface area contributed by atoms with Crippen molar-refractivity contribution in [3.8, 4) is 0 Å². The molecule has 1 aliphatic rings. The van der Waals surface area contributed by atoms with E-state index in [1.807, 2.05) is 18.2 Å². The van der Waals surface area contributed by atoms with Gasteiger partial charge in [0, 0.05) is 10.0 Å². The first-order chi connectivity index (χ1) is 7.72. The average molecular weight is 258 g/mol. The Labute approximate surface area is 107 Å². The molecular formula is C13H17Cl2N. The van der Waals surface area contributed by atoms with Crippen molar-refractivity contribution >= 4 is 23.2 Å². The highest BCUT2D eigenvalue weighted by Crippen LogP contribution is 2.45. The minimum Gasteiger partial charge on any atom is -0.317 e. The molecule has 0 amide bonds. The molecule has 88 valence electrons. The second-order valence-electron chi connectivity index (χ2n) is 4.42. The van der Waals surface area contributed by atoms with Crippen molar-refractivity contribution in [2.24, 2.45) is 5.92 Å². The first kappa shape index (κ1) is 12.2. The van der Waals surface area contributed by atoms with Gasteiger partial charge in [0.2, 0.25) is 0 Å². The molecule has 1 saturated carbocycles. The molecule has 3 heteroatoms. The largest absolute Gasteiger partial charge is 0.317 e. The molecule has 2 atom stereocenters. The summed E-state index contributed by atoms with van der Waals surface area (Å²) < 4.78 is 0. The Morgan fingerprint density at radius 1 is 1.31 bits per heavy atom. The number of halogens is 2. The van der Waals surface area contributed by atoms with Crippen molar-refractivity contribution in [2.75, 3.05) is 13.1 Å². The Morgan fingerprint density at radius 3 is 2.75 bits per heavy atom. The zero-order valence-corrected chi connectivity index (χ0v) is 11.0. The maximum atomic E-state index is 6.22. The molecule has 1 nitrogen and oxygen atoms in total. The molecule has 0 saturated heterocycles. The van der Waals surface area contributed by atoms with Gasteiger partial charge in [0.1, 0.15) is 0 Å². The number of benzene rings is 1. The smallest absolute Gasteiger partial charge is 0.0441 e. The molecule has 0 radical (unpaired) electrons. The zero-order valence-electron chi connectivity index (χ0n) is 9.47. The first-order valence-corrected chi connectivity index (χ1v) is 6.63. The maximum absolute atomic E-state index is 6.22. The summed E-state index contributed by atoms with van der Waals surface area (Å²) in [5.41, 5.74) is 1.23. The number of nitrogens with one attached hydrogen (secondary N) is 1. The fourth-order valence-corrected chi connectivity index (χ4v) is 2.79. The fraction of sp³-hybridized carbons (Fsp3) is 0.538. The molecule has 1 aromatic carbocycles. The lowest BCUT2D eigenvalue weighted by atomic mass is 9.70. The predicted octanol–water partition coefficient (Wildman–Crippen LogP) is 4.10. The highest BCUT2D eigenvalue weighted by atomic mass is 35.5. The highest BCUT2D eigenvalue weighted by Gasteiger charge is 2.32. The van der Waals surface area contributed by atoms with E-state index in [4.69, 9.17) is 23.2 Å². The monoisotopic (exact) mass is 257 g/mol. The van der Waals surface area contributed by atoms with Gasteiger partial charge in [0.05, 0.1) is 0 Å². The molecule has 0 spiro atoms. The van der Waals surface area contributed by atoms with E-state index >= 15 is 0 Å². The number of hydrogen-bond acceptors (Lipinski definition) is 1. The van der Waals surface area contributed by atoms with Crippen LogP contribution in [0, 0.1) is 5.92 Å². The van der Waals surface area contributed by atoms with E-state index in [1.165, 1.54) is 18.4 Å². The van der Waals surface area contributed by atoms with Crippen molar-refractivity contribution < 1.29 is 0 Å². The second kappa shape index (κ2) is 5.39. The van der Waals surface area contributed by atoms with Crippen molar-refractivity contribution in [2.45, 2.75) is 25.7 Å². The van der Waals surface area contributed by atoms with Gasteiger partial charge in [-0.1, -0.05) is 30.1 Å². The normalized spacial score (nSPS) is 24.2. The summed E-state index contributed by atoms with van der Waals surface area (Å²) in [6, 6.07) is 5.78. The lowest BCUT2D eigenvalue weighted by molar-refractivity contribution is 0.247. The van der Waals surface area contributed by atoms with E-state index in [-0.39, 0.29) is 0 Å². The topological polar surface area (TPSA) is 12.0 Å². The third-order valence-electron chi connectivity index (χ3n) is 3.43. The van der Waals surface area contributed by atoms with Gasteiger partial charge in [-0.15, -0.1) is 0 Å². The summed E-state index contributed by atoms with van der Waals surface area (Å²) in [6.45, 7) is 4.26. The van der Waals surface area contributed by atoms with Crippen molar-refractivity contribution in [3.63, 3.8) is 0 Å². The molecule has 2 unspecified atom stereocenters. The van der Waals surface area contributed by atoms with E-state index in [1.54, 1.807) is 0 Å². The van der Waals surface area contributed by atoms with Crippen LogP contribution in [0.1, 0.15) is 31.2 Å². The maximum Gasteiger partial charge on any atom is 0.0441 e. The Bertz CT molecular complexity index is 365. The quantitative estimate of drug-likeness (QED) is 0.857. The summed E-state index contributed by atoms with van der Waals surface area (Å²) in [4.78, 5) is 0. The van der Waals surface area contributed by atoms with Crippen LogP contribution < -0.4 is 5.32 Å². The van der Waals surface area contributed by atoms with E-state index in [0.29, 0.717) is 5.92 Å². The van der Waals surface area contributed by atoms with Crippen LogP contribution in [0.15, 0.2) is 18.2 Å². The summed E-state index contributed by atoms with van der Waals surface area (Å²) >= 11 is 12.2. The van der Waals surface area contributed by atoms with Gasteiger partial charge in [-0.3, -0.25) is 0 Å². The van der Waals surface area contributed by atoms with Crippen LogP contribution in [0.2, 0.25) is 10.0 Å². The van der Waals surface area contributed by atoms with Crippen molar-refractivity contribution in [1.82, 2.24) is 5.32 Å². The second-order valence-corrected chi connectivity index (χ2v) is 5.26. The molecule has 1 N–H and O–H groups in total. The van der Waals surface area contributed by atoms with Gasteiger partial charge in [0.25, 0.3) is 0 Å². The Hall–Kier alpha value is -0.240. The van der Waals surface area contributed by atoms with Gasteiger partial charge in [-0.05, 0) is 61.5 Å². The van der Waals surface area contributed by atoms with Crippen LogP contribution in [-0.2, 0) is 0 Å². The van der Waals surface area contributed by atoms with E-state index < -0.39 is 0 Å².